The molecule has 0 radical (unpaired) electrons. The van der Waals surface area contributed by atoms with Gasteiger partial charge in [-0.05, 0) is 44.0 Å². The molecule has 162 valence electrons. The first-order valence-corrected chi connectivity index (χ1v) is 10.3. The van der Waals surface area contributed by atoms with Crippen molar-refractivity contribution in [2.24, 2.45) is 4.99 Å². The summed E-state index contributed by atoms with van der Waals surface area (Å²) in [5, 5.41) is 4.55. The Labute approximate surface area is 181 Å². The highest BCUT2D eigenvalue weighted by Gasteiger charge is 2.52. The number of ether oxygens (including phenoxy) is 1. The lowest BCUT2D eigenvalue weighted by Gasteiger charge is -2.34. The third kappa shape index (κ3) is 3.49. The number of hydrogen-bond donors (Lipinski definition) is 0. The van der Waals surface area contributed by atoms with E-state index in [1.807, 2.05) is 55.7 Å². The molecule has 9 nitrogen and oxygen atoms in total. The van der Waals surface area contributed by atoms with Gasteiger partial charge < -0.3 is 4.74 Å². The van der Waals surface area contributed by atoms with Crippen LogP contribution in [0.3, 0.4) is 0 Å². The lowest BCUT2D eigenvalue weighted by molar-refractivity contribution is -0.537. The number of hydrogen-bond acceptors (Lipinski definition) is 5. The first-order valence-electron chi connectivity index (χ1n) is 10.3. The number of rotatable bonds is 5. The van der Waals surface area contributed by atoms with Crippen LogP contribution in [0, 0.1) is 13.8 Å². The summed E-state index contributed by atoms with van der Waals surface area (Å²) < 4.78 is 8.88. The van der Waals surface area contributed by atoms with Gasteiger partial charge in [0.1, 0.15) is 11.4 Å². The Bertz CT molecular complexity index is 1100. The summed E-state index contributed by atoms with van der Waals surface area (Å²) in [6, 6.07) is 8.27. The molecule has 1 unspecified atom stereocenters. The van der Waals surface area contributed by atoms with Crippen LogP contribution in [-0.4, -0.2) is 74.6 Å². The molecule has 9 heteroatoms. The second-order valence-electron chi connectivity index (χ2n) is 7.82. The van der Waals surface area contributed by atoms with Crippen molar-refractivity contribution in [3.63, 3.8) is 0 Å². The number of amides is 3. The molecule has 1 aromatic carbocycles. The Morgan fingerprint density at radius 2 is 1.87 bits per heavy atom. The highest BCUT2D eigenvalue weighted by molar-refractivity contribution is 6.22. The number of fused-ring (bicyclic) bond motifs is 1. The zero-order chi connectivity index (χ0) is 22.3. The van der Waals surface area contributed by atoms with Crippen LogP contribution in [0.4, 0.5) is 4.79 Å². The number of likely N-dealkylation sites (N-methyl/N-ethyl adjacent to an activating group) is 1. The van der Waals surface area contributed by atoms with Crippen LogP contribution in [0.2, 0.25) is 0 Å². The number of carbonyl (C=O) groups is 2. The smallest absolute Gasteiger partial charge is 0.421 e. The van der Waals surface area contributed by atoms with E-state index in [0.29, 0.717) is 18.3 Å². The number of aryl methyl sites for hydroxylation is 2. The maximum Gasteiger partial charge on any atom is 0.421 e. The quantitative estimate of drug-likeness (QED) is 0.689. The minimum absolute atomic E-state index is 0.186. The highest BCUT2D eigenvalue weighted by Crippen LogP contribution is 2.23. The molecule has 2 aliphatic rings. The highest BCUT2D eigenvalue weighted by atomic mass is 16.5. The number of urea groups is 1. The molecule has 4 rings (SSSR count). The van der Waals surface area contributed by atoms with E-state index < -0.39 is 6.04 Å². The summed E-state index contributed by atoms with van der Waals surface area (Å²) in [5.41, 5.74) is 2.64. The lowest BCUT2D eigenvalue weighted by atomic mass is 10.1. The van der Waals surface area contributed by atoms with E-state index in [9.17, 15) is 9.59 Å². The normalized spacial score (nSPS) is 18.6. The number of carbonyl (C=O) groups excluding carboxylic acids is 2. The molecule has 0 spiro atoms. The van der Waals surface area contributed by atoms with Gasteiger partial charge in [-0.2, -0.15) is 0 Å². The molecular formula is C22H27N6O3+. The summed E-state index contributed by atoms with van der Waals surface area (Å²) in [6.07, 6.45) is 0.825. The van der Waals surface area contributed by atoms with E-state index in [1.165, 1.54) is 9.80 Å². The van der Waals surface area contributed by atoms with E-state index in [4.69, 9.17) is 9.73 Å². The van der Waals surface area contributed by atoms with Gasteiger partial charge in [0.2, 0.25) is 11.9 Å². The van der Waals surface area contributed by atoms with E-state index in [0.717, 1.165) is 29.1 Å². The molecule has 31 heavy (non-hydrogen) atoms. The Morgan fingerprint density at radius 1 is 1.16 bits per heavy atom. The van der Waals surface area contributed by atoms with Crippen LogP contribution < -0.4 is 4.74 Å². The lowest BCUT2D eigenvalue weighted by Crippen LogP contribution is -2.62. The Balaban J connectivity index is 1.72. The Morgan fingerprint density at radius 3 is 2.45 bits per heavy atom. The maximum atomic E-state index is 13.5. The van der Waals surface area contributed by atoms with Crippen molar-refractivity contribution in [2.45, 2.75) is 39.8 Å². The van der Waals surface area contributed by atoms with Crippen LogP contribution in [0.15, 0.2) is 35.3 Å². The van der Waals surface area contributed by atoms with Crippen LogP contribution in [0.5, 0.6) is 5.75 Å². The molecule has 1 fully saturated rings. The molecule has 2 aromatic rings. The summed E-state index contributed by atoms with van der Waals surface area (Å²) in [7, 11) is 3.26. The van der Waals surface area contributed by atoms with Crippen LogP contribution in [-0.2, 0) is 11.3 Å². The topological polar surface area (TPSA) is 83.0 Å². The summed E-state index contributed by atoms with van der Waals surface area (Å²) in [6.45, 7) is 6.72. The van der Waals surface area contributed by atoms with Crippen molar-refractivity contribution in [1.29, 1.82) is 0 Å². The van der Waals surface area contributed by atoms with Crippen molar-refractivity contribution < 1.29 is 18.9 Å². The van der Waals surface area contributed by atoms with Crippen LogP contribution >= 0.6 is 0 Å². The van der Waals surface area contributed by atoms with E-state index in [2.05, 4.69) is 5.10 Å². The predicted molar refractivity (Wildman–Crippen MR) is 115 cm³/mol. The molecule has 0 aliphatic carbocycles. The van der Waals surface area contributed by atoms with Gasteiger partial charge in [0.25, 0.3) is 5.91 Å². The van der Waals surface area contributed by atoms with Crippen LogP contribution in [0.1, 0.15) is 30.3 Å². The number of aromatic nitrogens is 2. The zero-order valence-corrected chi connectivity index (χ0v) is 18.5. The fourth-order valence-electron chi connectivity index (χ4n) is 4.04. The summed E-state index contributed by atoms with van der Waals surface area (Å²) in [5.74, 6) is 1.46. The first-order chi connectivity index (χ1) is 14.8. The minimum Gasteiger partial charge on any atom is -0.497 e. The number of aliphatic imine (C=N–C) groups is 1. The minimum atomic E-state index is -0.653. The third-order valence-electron chi connectivity index (χ3n) is 5.55. The number of benzene rings is 1. The average molecular weight is 423 g/mol. The van der Waals surface area contributed by atoms with Gasteiger partial charge >= 0.3 is 12.0 Å². The van der Waals surface area contributed by atoms with Gasteiger partial charge in [0.05, 0.1) is 25.9 Å². The van der Waals surface area contributed by atoms with Crippen molar-refractivity contribution in [2.75, 3.05) is 20.7 Å². The predicted octanol–water partition coefficient (Wildman–Crippen LogP) is 2.01. The summed E-state index contributed by atoms with van der Waals surface area (Å²) >= 11 is 0. The molecule has 3 heterocycles. The van der Waals surface area contributed by atoms with E-state index in [-0.39, 0.29) is 18.5 Å². The van der Waals surface area contributed by atoms with Crippen molar-refractivity contribution in [1.82, 2.24) is 19.6 Å². The standard InChI is InChI=1S/C22H27N6O3/c1-6-11-26-18-19(23-21(26)28-15(3)12-14(2)24-28)25(4)22(30)27(20(18)29)13-16-7-9-17(31-5)10-8-16/h7-10,12,18H,6,11,13H2,1-5H3/q+1. The monoisotopic (exact) mass is 423 g/mol. The van der Waals surface area contributed by atoms with Gasteiger partial charge in [-0.25, -0.2) is 9.37 Å². The molecular weight excluding hydrogens is 396 g/mol. The Kier molecular flexibility index (Phi) is 5.34. The van der Waals surface area contributed by atoms with Crippen molar-refractivity contribution in [3.05, 3.63) is 47.3 Å². The second-order valence-corrected chi connectivity index (χ2v) is 7.82. The SMILES string of the molecule is CCC[N+]1=C(n2nc(C)cc2C)N=C2C1C(=O)N(Cc1ccc(OC)cc1)C(=O)N2C. The van der Waals surface area contributed by atoms with Gasteiger partial charge in [0, 0.05) is 7.05 Å². The van der Waals surface area contributed by atoms with Crippen LogP contribution in [0.25, 0.3) is 0 Å². The van der Waals surface area contributed by atoms with Gasteiger partial charge in [-0.15, -0.1) is 9.78 Å². The Hall–Kier alpha value is -3.49. The summed E-state index contributed by atoms with van der Waals surface area (Å²) in [4.78, 5) is 34.1. The molecule has 3 amide bonds. The van der Waals surface area contributed by atoms with E-state index >= 15 is 0 Å². The van der Waals surface area contributed by atoms with E-state index in [1.54, 1.807) is 18.8 Å². The molecule has 1 atom stereocenters. The van der Waals surface area contributed by atoms with Crippen molar-refractivity contribution >= 4 is 23.7 Å². The fraction of sp³-hybridized carbons (Fsp3) is 0.409. The maximum absolute atomic E-state index is 13.5. The fourth-order valence-corrected chi connectivity index (χ4v) is 4.04. The molecule has 2 aliphatic heterocycles. The average Bonchev–Trinajstić information content (AvgIpc) is 3.29. The number of nitrogens with zero attached hydrogens (tertiary/aromatic N) is 6. The largest absolute Gasteiger partial charge is 0.497 e. The molecule has 1 saturated heterocycles. The zero-order valence-electron chi connectivity index (χ0n) is 18.5. The van der Waals surface area contributed by atoms with Gasteiger partial charge in [-0.3, -0.25) is 14.6 Å². The number of methoxy groups -OCH3 is 1. The van der Waals surface area contributed by atoms with Gasteiger partial charge in [-0.1, -0.05) is 24.0 Å². The second kappa shape index (κ2) is 7.98. The van der Waals surface area contributed by atoms with Crippen molar-refractivity contribution in [3.8, 4) is 5.75 Å². The molecule has 0 saturated carbocycles. The molecule has 0 N–H and O–H groups in total. The number of imide groups is 1. The third-order valence-corrected chi connectivity index (χ3v) is 5.55. The molecule has 0 bridgehead atoms. The molecule has 1 aromatic heterocycles. The first kappa shape index (κ1) is 20.8. The number of amidine groups is 1. The van der Waals surface area contributed by atoms with Gasteiger partial charge in [0.15, 0.2) is 0 Å².